The molecule has 0 N–H and O–H groups in total. The molecule has 10 heteroatoms. The van der Waals surface area contributed by atoms with Crippen molar-refractivity contribution in [2.75, 3.05) is 0 Å². The van der Waals surface area contributed by atoms with Crippen molar-refractivity contribution in [1.82, 2.24) is 9.97 Å². The molecule has 2 aromatic heterocycles. The Bertz CT molecular complexity index is 1820. The van der Waals surface area contributed by atoms with Crippen LogP contribution in [0.1, 0.15) is 144 Å². The van der Waals surface area contributed by atoms with Crippen molar-refractivity contribution in [2.24, 2.45) is 9.98 Å². The second-order valence-electron chi connectivity index (χ2n) is 15.0. The minimum absolute atomic E-state index is 0. The molecule has 4 nitrogen and oxygen atoms in total. The van der Waals surface area contributed by atoms with Gasteiger partial charge in [-0.25, -0.2) is 0 Å². The first-order chi connectivity index (χ1) is 23.8. The van der Waals surface area contributed by atoms with Crippen molar-refractivity contribution >= 4 is 73.4 Å². The van der Waals surface area contributed by atoms with Gasteiger partial charge in [0.2, 0.25) is 0 Å². The number of aromatic nitrogens is 2. The zero-order chi connectivity index (χ0) is 36.1. The minimum Gasteiger partial charge on any atom is -0.255 e. The van der Waals surface area contributed by atoms with E-state index in [-0.39, 0.29) is 82.6 Å². The average molecular weight is 926 g/mol. The molecule has 56 heavy (non-hydrogen) atoms. The predicted octanol–water partition coefficient (Wildman–Crippen LogP) is 14.9. The first-order valence-corrected chi connectivity index (χ1v) is 18.3. The summed E-state index contributed by atoms with van der Waals surface area (Å²) in [6, 6.07) is 26.2. The molecule has 0 fully saturated rings. The number of rotatable bonds is 11. The summed E-state index contributed by atoms with van der Waals surface area (Å²) in [5, 5.41) is 0. The molecule has 0 spiro atoms. The number of hydrogen-bond donors (Lipinski definition) is 0. The van der Waals surface area contributed by atoms with Crippen LogP contribution in [0.3, 0.4) is 0 Å². The standard InChI is InChI=1S/C46H54N4.4ClH.2Ni/c1-28(2)34-20-43(35-22-39(29(3)4)45(40(23-35)30(5)6)49-26-37-16-12-14-18-47-37)33(11)44(21-34)36-24-41(31(7)8)46(42(25-36)32(9)10)50-27-38-17-13-15-19-48-38;;;;;;/h12-32H,1-11H3;4*1H;;. The Kier molecular flexibility index (Phi) is 24.8. The molecule has 3 aromatic carbocycles. The smallest absolute Gasteiger partial charge is 0.0812 e. The van der Waals surface area contributed by atoms with Crippen molar-refractivity contribution in [3.05, 3.63) is 130 Å². The van der Waals surface area contributed by atoms with Gasteiger partial charge >= 0.3 is 0 Å². The Morgan fingerprint density at radius 2 is 0.786 bits per heavy atom. The summed E-state index contributed by atoms with van der Waals surface area (Å²) < 4.78 is 0. The van der Waals surface area contributed by atoms with E-state index in [9.17, 15) is 0 Å². The maximum Gasteiger partial charge on any atom is 0.0812 e. The molecule has 310 valence electrons. The van der Waals surface area contributed by atoms with Gasteiger partial charge in [-0.1, -0.05) is 93.5 Å². The van der Waals surface area contributed by atoms with Gasteiger partial charge in [0.1, 0.15) is 0 Å². The summed E-state index contributed by atoms with van der Waals surface area (Å²) in [5.74, 6) is 1.59. The van der Waals surface area contributed by atoms with Gasteiger partial charge in [-0.3, -0.25) is 20.0 Å². The monoisotopic (exact) mass is 922 g/mol. The summed E-state index contributed by atoms with van der Waals surface area (Å²) >= 11 is 0. The molecule has 0 aliphatic heterocycles. The zero-order valence-electron chi connectivity index (χ0n) is 34.2. The van der Waals surface area contributed by atoms with Gasteiger partial charge in [0.15, 0.2) is 0 Å². The van der Waals surface area contributed by atoms with Gasteiger partial charge in [0.25, 0.3) is 0 Å². The molecule has 2 heterocycles. The topological polar surface area (TPSA) is 50.5 Å². The largest absolute Gasteiger partial charge is 0.255 e. The van der Waals surface area contributed by atoms with Crippen molar-refractivity contribution in [3.8, 4) is 22.3 Å². The third kappa shape index (κ3) is 13.2. The fraction of sp³-hybridized carbons (Fsp3) is 0.348. The summed E-state index contributed by atoms with van der Waals surface area (Å²) in [7, 11) is 0. The summed E-state index contributed by atoms with van der Waals surface area (Å²) in [6.07, 6.45) is 7.43. The van der Waals surface area contributed by atoms with E-state index in [0.717, 1.165) is 22.8 Å². The minimum atomic E-state index is 0. The summed E-state index contributed by atoms with van der Waals surface area (Å²) in [5.41, 5.74) is 16.6. The van der Waals surface area contributed by atoms with E-state index < -0.39 is 0 Å². The van der Waals surface area contributed by atoms with Crippen LogP contribution in [-0.4, -0.2) is 22.4 Å². The molecule has 0 atom stereocenters. The molecule has 0 saturated carbocycles. The van der Waals surface area contributed by atoms with Crippen molar-refractivity contribution in [2.45, 2.75) is 106 Å². The third-order valence-corrected chi connectivity index (χ3v) is 9.57. The van der Waals surface area contributed by atoms with E-state index in [1.165, 1.54) is 55.6 Å². The average Bonchev–Trinajstić information content (AvgIpc) is 3.09. The first-order valence-electron chi connectivity index (χ1n) is 18.3. The Labute approximate surface area is 381 Å². The Morgan fingerprint density at radius 1 is 0.464 bits per heavy atom. The Morgan fingerprint density at radius 3 is 1.04 bits per heavy atom. The van der Waals surface area contributed by atoms with Gasteiger partial charge in [-0.2, -0.15) is 0 Å². The normalized spacial score (nSPS) is 10.9. The Hall–Kier alpha value is -2.55. The number of pyridine rings is 2. The fourth-order valence-corrected chi connectivity index (χ4v) is 6.57. The maximum absolute atomic E-state index is 5.08. The molecule has 0 radical (unpaired) electrons. The van der Waals surface area contributed by atoms with Gasteiger partial charge in [-0.05, 0) is 141 Å². The number of nitrogens with zero attached hydrogens (tertiary/aromatic N) is 4. The molecule has 0 aliphatic rings. The van der Waals surface area contributed by atoms with E-state index in [1.54, 1.807) is 0 Å². The third-order valence-electron chi connectivity index (χ3n) is 9.57. The number of halogens is 4. The van der Waals surface area contributed by atoms with E-state index in [0.29, 0.717) is 29.6 Å². The van der Waals surface area contributed by atoms with Gasteiger partial charge in [0, 0.05) is 45.4 Å². The van der Waals surface area contributed by atoms with Crippen molar-refractivity contribution in [3.63, 3.8) is 0 Å². The van der Waals surface area contributed by atoms with Gasteiger partial charge in [-0.15, -0.1) is 49.6 Å². The summed E-state index contributed by atoms with van der Waals surface area (Å²) in [4.78, 5) is 19.1. The summed E-state index contributed by atoms with van der Waals surface area (Å²) in [6.45, 7) is 25.0. The number of benzene rings is 3. The first kappa shape index (κ1) is 55.5. The molecular weight excluding hydrogens is 868 g/mol. The second-order valence-corrected chi connectivity index (χ2v) is 15.0. The SMILES string of the molecule is Cc1c(-c2cc(C(C)C)c(N=Cc3ccccn3)c(C(C)C)c2)cc(C(C)C)cc1-c1cc(C(C)C)c(N=Cc2ccccn2)c(C(C)C)c1.Cl.Cl.Cl.Cl.[Ni].[Ni]. The van der Waals surface area contributed by atoms with Crippen molar-refractivity contribution < 1.29 is 33.0 Å². The van der Waals surface area contributed by atoms with Crippen LogP contribution >= 0.6 is 49.6 Å². The number of hydrogen-bond acceptors (Lipinski definition) is 4. The van der Waals surface area contributed by atoms with Crippen LogP contribution in [0.5, 0.6) is 0 Å². The van der Waals surface area contributed by atoms with E-state index >= 15 is 0 Å². The zero-order valence-corrected chi connectivity index (χ0v) is 39.4. The molecule has 0 aliphatic carbocycles. The van der Waals surface area contributed by atoms with Crippen LogP contribution in [0.2, 0.25) is 0 Å². The van der Waals surface area contributed by atoms with Crippen LogP contribution in [0.4, 0.5) is 11.4 Å². The number of aliphatic imine (C=N–C) groups is 2. The van der Waals surface area contributed by atoms with E-state index in [2.05, 4.69) is 123 Å². The maximum atomic E-state index is 5.08. The molecule has 0 amide bonds. The van der Waals surface area contributed by atoms with Crippen LogP contribution in [0.25, 0.3) is 22.3 Å². The molecular formula is C46H58Cl4N4Ni2. The quantitative estimate of drug-likeness (QED) is 0.0979. The van der Waals surface area contributed by atoms with Gasteiger partial charge < -0.3 is 0 Å². The van der Waals surface area contributed by atoms with Crippen LogP contribution < -0.4 is 0 Å². The van der Waals surface area contributed by atoms with Crippen LogP contribution in [0, 0.1) is 6.92 Å². The van der Waals surface area contributed by atoms with E-state index in [1.807, 2.05) is 61.2 Å². The van der Waals surface area contributed by atoms with Crippen LogP contribution in [-0.2, 0) is 33.0 Å². The van der Waals surface area contributed by atoms with Crippen LogP contribution in [0.15, 0.2) is 95.2 Å². The van der Waals surface area contributed by atoms with Crippen molar-refractivity contribution in [1.29, 1.82) is 0 Å². The predicted molar refractivity (Wildman–Crippen MR) is 244 cm³/mol. The van der Waals surface area contributed by atoms with Gasteiger partial charge in [0.05, 0.1) is 35.2 Å². The fourth-order valence-electron chi connectivity index (χ4n) is 6.57. The molecule has 5 rings (SSSR count). The second kappa shape index (κ2) is 25.0. The van der Waals surface area contributed by atoms with E-state index in [4.69, 9.17) is 9.98 Å². The molecule has 5 aromatic rings. The molecule has 0 unspecified atom stereocenters. The Balaban J connectivity index is 0. The molecule has 0 bridgehead atoms. The molecule has 0 saturated heterocycles.